The van der Waals surface area contributed by atoms with Gasteiger partial charge in [0.05, 0.1) is 11.4 Å². The number of aromatic nitrogens is 3. The van der Waals surface area contributed by atoms with Gasteiger partial charge in [0.2, 0.25) is 0 Å². The Morgan fingerprint density at radius 1 is 0.868 bits per heavy atom. The fourth-order valence-electron chi connectivity index (χ4n) is 5.00. The minimum atomic E-state index is -0.318. The van der Waals surface area contributed by atoms with Gasteiger partial charge in [-0.15, -0.1) is 0 Å². The topological polar surface area (TPSA) is 62.5 Å². The molecule has 1 aliphatic rings. The number of fused-ring (bicyclic) bond motifs is 1. The van der Waals surface area contributed by atoms with Crippen LogP contribution < -0.4 is 5.32 Å². The van der Waals surface area contributed by atoms with Crippen molar-refractivity contribution in [2.75, 3.05) is 13.1 Å². The summed E-state index contributed by atoms with van der Waals surface area (Å²) < 4.78 is 15.4. The number of hydrogen-bond acceptors (Lipinski definition) is 4. The van der Waals surface area contributed by atoms with E-state index in [0.717, 1.165) is 49.3 Å². The Bertz CT molecular complexity index is 1540. The molecule has 0 unspecified atom stereocenters. The normalized spacial score (nSPS) is 14.6. The molecule has 7 heteroatoms. The summed E-state index contributed by atoms with van der Waals surface area (Å²) in [5.41, 5.74) is 5.33. The van der Waals surface area contributed by atoms with Gasteiger partial charge in [0, 0.05) is 42.9 Å². The van der Waals surface area contributed by atoms with Gasteiger partial charge in [-0.1, -0.05) is 60.7 Å². The third-order valence-electron chi connectivity index (χ3n) is 7.04. The molecule has 1 aliphatic heterocycles. The number of rotatable bonds is 6. The van der Waals surface area contributed by atoms with Crippen molar-refractivity contribution < 1.29 is 9.18 Å². The number of piperidine rings is 1. The quantitative estimate of drug-likeness (QED) is 0.327. The molecule has 3 aromatic carbocycles. The third kappa shape index (κ3) is 5.19. The Morgan fingerprint density at radius 3 is 2.26 bits per heavy atom. The second-order valence-corrected chi connectivity index (χ2v) is 9.71. The van der Waals surface area contributed by atoms with Gasteiger partial charge in [-0.2, -0.15) is 5.10 Å². The van der Waals surface area contributed by atoms with E-state index in [1.54, 1.807) is 22.7 Å². The van der Waals surface area contributed by atoms with Gasteiger partial charge in [-0.25, -0.2) is 13.9 Å². The highest BCUT2D eigenvalue weighted by molar-refractivity contribution is 5.94. The highest BCUT2D eigenvalue weighted by Crippen LogP contribution is 2.26. The molecule has 6 nitrogen and oxygen atoms in total. The van der Waals surface area contributed by atoms with E-state index in [9.17, 15) is 9.18 Å². The van der Waals surface area contributed by atoms with Crippen LogP contribution in [-0.2, 0) is 6.54 Å². The lowest BCUT2D eigenvalue weighted by Gasteiger charge is -2.32. The molecule has 1 N–H and O–H groups in total. The van der Waals surface area contributed by atoms with Crippen molar-refractivity contribution in [3.63, 3.8) is 0 Å². The fourth-order valence-corrected chi connectivity index (χ4v) is 5.00. The first kappa shape index (κ1) is 24.0. The number of hydrogen-bond donors (Lipinski definition) is 1. The number of nitrogens with zero attached hydrogens (tertiary/aromatic N) is 4. The maximum atomic E-state index is 13.7. The highest BCUT2D eigenvalue weighted by Gasteiger charge is 2.23. The summed E-state index contributed by atoms with van der Waals surface area (Å²) in [6.45, 7) is 2.78. The Morgan fingerprint density at radius 2 is 1.55 bits per heavy atom. The largest absolute Gasteiger partial charge is 0.348 e. The van der Waals surface area contributed by atoms with Crippen LogP contribution in [-0.4, -0.2) is 44.5 Å². The first-order valence-corrected chi connectivity index (χ1v) is 12.9. The smallest absolute Gasteiger partial charge is 0.270 e. The molecule has 0 bridgehead atoms. The van der Waals surface area contributed by atoms with Crippen LogP contribution in [0.2, 0.25) is 0 Å². The summed E-state index contributed by atoms with van der Waals surface area (Å²) in [6.07, 6.45) is 1.77. The van der Waals surface area contributed by atoms with E-state index in [1.807, 2.05) is 42.5 Å². The molecule has 0 aliphatic carbocycles. The second-order valence-electron chi connectivity index (χ2n) is 9.71. The summed E-state index contributed by atoms with van der Waals surface area (Å²) in [5, 5.41) is 7.96. The molecule has 0 spiro atoms. The molecule has 2 aromatic heterocycles. The van der Waals surface area contributed by atoms with E-state index < -0.39 is 0 Å². The van der Waals surface area contributed by atoms with E-state index in [-0.39, 0.29) is 17.8 Å². The molecular weight excluding hydrogens is 477 g/mol. The average molecular weight is 506 g/mol. The van der Waals surface area contributed by atoms with E-state index in [4.69, 9.17) is 5.10 Å². The number of carbonyl (C=O) groups is 1. The highest BCUT2D eigenvalue weighted by atomic mass is 19.1. The van der Waals surface area contributed by atoms with E-state index >= 15 is 0 Å². The van der Waals surface area contributed by atoms with Gasteiger partial charge >= 0.3 is 0 Å². The lowest BCUT2D eigenvalue weighted by Crippen LogP contribution is -2.44. The van der Waals surface area contributed by atoms with Gasteiger partial charge in [0.1, 0.15) is 11.5 Å². The zero-order valence-corrected chi connectivity index (χ0v) is 20.9. The Labute approximate surface area is 220 Å². The van der Waals surface area contributed by atoms with Gasteiger partial charge in [0.15, 0.2) is 5.65 Å². The Balaban J connectivity index is 1.24. The molecule has 3 heterocycles. The van der Waals surface area contributed by atoms with Crippen molar-refractivity contribution in [3.05, 3.63) is 114 Å². The molecule has 1 fully saturated rings. The van der Waals surface area contributed by atoms with Crippen LogP contribution in [0, 0.1) is 5.82 Å². The number of likely N-dealkylation sites (tertiary alicyclic amines) is 1. The van der Waals surface area contributed by atoms with Crippen molar-refractivity contribution in [2.24, 2.45) is 0 Å². The monoisotopic (exact) mass is 505 g/mol. The molecule has 0 saturated carbocycles. The van der Waals surface area contributed by atoms with Crippen LogP contribution in [0.3, 0.4) is 0 Å². The SMILES string of the molecule is O=C(NC1CCN(Cc2ccccc2)CC1)c1cc(-c2ccc(F)cc2)n2nc(-c3ccccc3)cc2n1. The van der Waals surface area contributed by atoms with E-state index in [1.165, 1.54) is 17.7 Å². The minimum Gasteiger partial charge on any atom is -0.348 e. The summed E-state index contributed by atoms with van der Waals surface area (Å²) in [5.74, 6) is -0.527. The first-order chi connectivity index (χ1) is 18.6. The van der Waals surface area contributed by atoms with Crippen molar-refractivity contribution >= 4 is 11.6 Å². The van der Waals surface area contributed by atoms with Gasteiger partial charge in [0.25, 0.3) is 5.91 Å². The molecule has 0 radical (unpaired) electrons. The maximum Gasteiger partial charge on any atom is 0.270 e. The van der Waals surface area contributed by atoms with Crippen LogP contribution in [0.15, 0.2) is 97.1 Å². The van der Waals surface area contributed by atoms with Gasteiger partial charge in [-0.05, 0) is 48.7 Å². The van der Waals surface area contributed by atoms with Crippen molar-refractivity contribution in [1.82, 2.24) is 24.8 Å². The molecule has 6 rings (SSSR count). The Kier molecular flexibility index (Phi) is 6.67. The van der Waals surface area contributed by atoms with Crippen molar-refractivity contribution in [2.45, 2.75) is 25.4 Å². The summed E-state index contributed by atoms with van der Waals surface area (Å²) >= 11 is 0. The van der Waals surface area contributed by atoms with Crippen molar-refractivity contribution in [3.8, 4) is 22.5 Å². The summed E-state index contributed by atoms with van der Waals surface area (Å²) in [6, 6.07) is 30.2. The number of nitrogens with one attached hydrogen (secondary N) is 1. The molecule has 5 aromatic rings. The van der Waals surface area contributed by atoms with Crippen LogP contribution in [0.4, 0.5) is 4.39 Å². The fraction of sp³-hybridized carbons (Fsp3) is 0.194. The lowest BCUT2D eigenvalue weighted by molar-refractivity contribution is 0.0904. The number of benzene rings is 3. The first-order valence-electron chi connectivity index (χ1n) is 12.9. The number of carbonyl (C=O) groups excluding carboxylic acids is 1. The summed E-state index contributed by atoms with van der Waals surface area (Å²) in [7, 11) is 0. The van der Waals surface area contributed by atoms with E-state index in [0.29, 0.717) is 17.0 Å². The van der Waals surface area contributed by atoms with Crippen LogP contribution in [0.25, 0.3) is 28.2 Å². The Hall–Kier alpha value is -4.36. The molecule has 38 heavy (non-hydrogen) atoms. The number of halogens is 1. The lowest BCUT2D eigenvalue weighted by atomic mass is 10.0. The average Bonchev–Trinajstić information content (AvgIpc) is 3.40. The minimum absolute atomic E-state index is 0.0895. The standard InChI is InChI=1S/C31H28FN5O/c32-25-13-11-24(12-14-25)29-19-28(34-30-20-27(35-37(29)30)23-9-5-2-6-10-23)31(38)33-26-15-17-36(18-16-26)21-22-7-3-1-4-8-22/h1-14,19-20,26H,15-18,21H2,(H,33,38). The van der Waals surface area contributed by atoms with Crippen LogP contribution in [0.5, 0.6) is 0 Å². The second kappa shape index (κ2) is 10.6. The van der Waals surface area contributed by atoms with Crippen molar-refractivity contribution in [1.29, 1.82) is 0 Å². The molecular formula is C31H28FN5O. The van der Waals surface area contributed by atoms with Gasteiger partial charge in [-0.3, -0.25) is 9.69 Å². The van der Waals surface area contributed by atoms with E-state index in [2.05, 4.69) is 39.5 Å². The predicted molar refractivity (Wildman–Crippen MR) is 146 cm³/mol. The molecule has 0 atom stereocenters. The van der Waals surface area contributed by atoms with Gasteiger partial charge < -0.3 is 5.32 Å². The predicted octanol–water partition coefficient (Wildman–Crippen LogP) is 5.60. The molecule has 190 valence electrons. The number of amides is 1. The van der Waals surface area contributed by atoms with Crippen LogP contribution in [0.1, 0.15) is 28.9 Å². The summed E-state index contributed by atoms with van der Waals surface area (Å²) in [4.78, 5) is 20.5. The zero-order valence-electron chi connectivity index (χ0n) is 20.9. The zero-order chi connectivity index (χ0) is 25.9. The molecule has 1 saturated heterocycles. The third-order valence-corrected chi connectivity index (χ3v) is 7.04. The van der Waals surface area contributed by atoms with Crippen LogP contribution >= 0.6 is 0 Å². The molecule has 1 amide bonds. The maximum absolute atomic E-state index is 13.7.